The van der Waals surface area contributed by atoms with Gasteiger partial charge in [0.05, 0.1) is 13.0 Å². The van der Waals surface area contributed by atoms with Crippen molar-refractivity contribution in [2.24, 2.45) is 0 Å². The van der Waals surface area contributed by atoms with Gasteiger partial charge in [-0.3, -0.25) is 4.79 Å². The zero-order valence-corrected chi connectivity index (χ0v) is 19.9. The molecule has 0 spiro atoms. The van der Waals surface area contributed by atoms with Crippen LogP contribution in [0.5, 0.6) is 0 Å². The molecule has 7 heteroatoms. The molecule has 1 atom stereocenters. The van der Waals surface area contributed by atoms with E-state index in [-0.39, 0.29) is 31.5 Å². The van der Waals surface area contributed by atoms with Gasteiger partial charge in [0.15, 0.2) is 0 Å². The first kappa shape index (κ1) is 25.2. The first-order valence-electron chi connectivity index (χ1n) is 11.3. The summed E-state index contributed by atoms with van der Waals surface area (Å²) in [6, 6.07) is 14.5. The zero-order chi connectivity index (χ0) is 24.7. The van der Waals surface area contributed by atoms with Crippen LogP contribution in [0.15, 0.2) is 54.6 Å². The molecule has 2 aromatic carbocycles. The molecule has 0 aliphatic carbocycles. The number of fused-ring (bicyclic) bond motifs is 1. The van der Waals surface area contributed by atoms with Crippen LogP contribution < -0.4 is 0 Å². The third kappa shape index (κ3) is 5.91. The fraction of sp³-hybridized carbons (Fsp3) is 0.333. The molecule has 0 saturated heterocycles. The van der Waals surface area contributed by atoms with Gasteiger partial charge in [0.2, 0.25) is 0 Å². The van der Waals surface area contributed by atoms with Crippen molar-refractivity contribution in [2.75, 3.05) is 20.3 Å². The second-order valence-electron chi connectivity index (χ2n) is 8.08. The molecule has 0 fully saturated rings. The maximum absolute atomic E-state index is 13.7. The lowest BCUT2D eigenvalue weighted by Crippen LogP contribution is -2.23. The molecule has 0 aliphatic heterocycles. The first-order valence-corrected chi connectivity index (χ1v) is 11.3. The van der Waals surface area contributed by atoms with E-state index < -0.39 is 18.0 Å². The maximum atomic E-state index is 13.7. The van der Waals surface area contributed by atoms with Crippen LogP contribution in [0.25, 0.3) is 28.1 Å². The predicted octanol–water partition coefficient (Wildman–Crippen LogP) is 5.55. The van der Waals surface area contributed by atoms with Crippen LogP contribution in [-0.2, 0) is 23.8 Å². The highest BCUT2D eigenvalue weighted by atomic mass is 19.1. The maximum Gasteiger partial charge on any atom is 0.332 e. The molecular formula is C27H30FNO5. The standard InChI is InChI=1S/C27H30FNO5/c1-5-33-25(30)16-21(34-26(31)17-32-4)14-15-24-27(19-10-12-20(28)13-11-19)22-8-6-7-9-23(22)29(24)18(2)3/h6-15,18,21H,5,16-17H2,1-4H3/b15-14+. The number of carbonyl (C=O) groups excluding carboxylic acids is 2. The van der Waals surface area contributed by atoms with Crippen LogP contribution in [0, 0.1) is 5.82 Å². The Bertz CT molecular complexity index is 1140. The van der Waals surface area contributed by atoms with Crippen LogP contribution in [-0.4, -0.2) is 42.9 Å². The van der Waals surface area contributed by atoms with E-state index in [1.807, 2.05) is 30.3 Å². The van der Waals surface area contributed by atoms with E-state index in [0.29, 0.717) is 0 Å². The lowest BCUT2D eigenvalue weighted by Gasteiger charge is -2.16. The Morgan fingerprint density at radius 1 is 1.06 bits per heavy atom. The number of rotatable bonds is 10. The van der Waals surface area contributed by atoms with Gasteiger partial charge >= 0.3 is 11.9 Å². The van der Waals surface area contributed by atoms with E-state index in [2.05, 4.69) is 18.4 Å². The van der Waals surface area contributed by atoms with Gasteiger partial charge in [0.25, 0.3) is 0 Å². The lowest BCUT2D eigenvalue weighted by molar-refractivity contribution is -0.155. The number of carbonyl (C=O) groups is 2. The number of ether oxygens (including phenoxy) is 3. The van der Waals surface area contributed by atoms with Crippen molar-refractivity contribution in [1.29, 1.82) is 0 Å². The fourth-order valence-electron chi connectivity index (χ4n) is 3.98. The quantitative estimate of drug-likeness (QED) is 0.366. The largest absolute Gasteiger partial charge is 0.466 e. The van der Waals surface area contributed by atoms with Crippen molar-refractivity contribution in [3.63, 3.8) is 0 Å². The van der Waals surface area contributed by atoms with Gasteiger partial charge in [-0.25, -0.2) is 9.18 Å². The highest BCUT2D eigenvalue weighted by Gasteiger charge is 2.21. The second-order valence-corrected chi connectivity index (χ2v) is 8.08. The summed E-state index contributed by atoms with van der Waals surface area (Å²) >= 11 is 0. The van der Waals surface area contributed by atoms with Crippen LogP contribution >= 0.6 is 0 Å². The SMILES string of the molecule is CCOC(=O)CC(/C=C/c1c(-c2ccc(F)cc2)c2ccccc2n1C(C)C)OC(=O)COC. The summed E-state index contributed by atoms with van der Waals surface area (Å²) in [7, 11) is 1.40. The van der Waals surface area contributed by atoms with E-state index in [4.69, 9.17) is 14.2 Å². The summed E-state index contributed by atoms with van der Waals surface area (Å²) in [5, 5.41) is 1.01. The molecule has 34 heavy (non-hydrogen) atoms. The van der Waals surface area contributed by atoms with Crippen molar-refractivity contribution in [3.8, 4) is 11.1 Å². The van der Waals surface area contributed by atoms with Gasteiger partial charge in [-0.1, -0.05) is 30.3 Å². The lowest BCUT2D eigenvalue weighted by atomic mass is 10.0. The second kappa shape index (κ2) is 11.6. The van der Waals surface area contributed by atoms with Crippen molar-refractivity contribution >= 4 is 28.9 Å². The Hall–Kier alpha value is -3.45. The zero-order valence-electron chi connectivity index (χ0n) is 19.9. The van der Waals surface area contributed by atoms with Gasteiger partial charge < -0.3 is 18.8 Å². The molecule has 3 aromatic rings. The Balaban J connectivity index is 2.12. The number of benzene rings is 2. The van der Waals surface area contributed by atoms with Crippen molar-refractivity contribution < 1.29 is 28.2 Å². The average Bonchev–Trinajstić information content (AvgIpc) is 3.12. The molecule has 180 valence electrons. The molecule has 0 saturated carbocycles. The van der Waals surface area contributed by atoms with Gasteiger partial charge in [0, 0.05) is 35.3 Å². The van der Waals surface area contributed by atoms with Crippen LogP contribution in [0.4, 0.5) is 4.39 Å². The van der Waals surface area contributed by atoms with Crippen molar-refractivity contribution in [2.45, 2.75) is 39.3 Å². The fourth-order valence-corrected chi connectivity index (χ4v) is 3.98. The van der Waals surface area contributed by atoms with Gasteiger partial charge in [-0.15, -0.1) is 0 Å². The molecule has 1 aromatic heterocycles. The van der Waals surface area contributed by atoms with Gasteiger partial charge in [-0.2, -0.15) is 0 Å². The van der Waals surface area contributed by atoms with Crippen LogP contribution in [0.2, 0.25) is 0 Å². The van der Waals surface area contributed by atoms with E-state index in [9.17, 15) is 14.0 Å². The van der Waals surface area contributed by atoms with Gasteiger partial charge in [0.1, 0.15) is 18.5 Å². The topological polar surface area (TPSA) is 66.8 Å². The Labute approximate surface area is 198 Å². The molecule has 0 bridgehead atoms. The molecule has 0 aliphatic rings. The van der Waals surface area contributed by atoms with Gasteiger partial charge in [-0.05, 0) is 56.7 Å². The molecule has 1 heterocycles. The van der Waals surface area contributed by atoms with E-state index in [0.717, 1.165) is 27.7 Å². The highest BCUT2D eigenvalue weighted by Crippen LogP contribution is 2.38. The monoisotopic (exact) mass is 467 g/mol. The number of hydrogen-bond donors (Lipinski definition) is 0. The molecule has 6 nitrogen and oxygen atoms in total. The van der Waals surface area contributed by atoms with Crippen LogP contribution in [0.3, 0.4) is 0 Å². The Morgan fingerprint density at radius 2 is 1.76 bits per heavy atom. The minimum atomic E-state index is -0.832. The summed E-state index contributed by atoms with van der Waals surface area (Å²) in [6.45, 7) is 5.88. The highest BCUT2D eigenvalue weighted by molar-refractivity contribution is 6.01. The minimum Gasteiger partial charge on any atom is -0.466 e. The van der Waals surface area contributed by atoms with E-state index >= 15 is 0 Å². The number of para-hydroxylation sites is 1. The van der Waals surface area contributed by atoms with Crippen molar-refractivity contribution in [1.82, 2.24) is 4.57 Å². The minimum absolute atomic E-state index is 0.110. The molecule has 0 radical (unpaired) electrons. The smallest absolute Gasteiger partial charge is 0.332 e. The summed E-state index contributed by atoms with van der Waals surface area (Å²) in [5.41, 5.74) is 3.67. The number of methoxy groups -OCH3 is 1. The number of halogens is 1. The Morgan fingerprint density at radius 3 is 2.41 bits per heavy atom. The normalized spacial score (nSPS) is 12.4. The average molecular weight is 468 g/mol. The molecule has 0 amide bonds. The number of aromatic nitrogens is 1. The van der Waals surface area contributed by atoms with E-state index in [1.165, 1.54) is 19.2 Å². The summed E-state index contributed by atoms with van der Waals surface area (Å²) < 4.78 is 31.2. The summed E-state index contributed by atoms with van der Waals surface area (Å²) in [5.74, 6) is -1.36. The third-order valence-electron chi connectivity index (χ3n) is 5.28. The summed E-state index contributed by atoms with van der Waals surface area (Å²) in [6.07, 6.45) is 2.59. The molecule has 3 rings (SSSR count). The number of esters is 2. The van der Waals surface area contributed by atoms with Crippen LogP contribution in [0.1, 0.15) is 38.9 Å². The molecule has 0 N–H and O–H groups in total. The number of nitrogens with zero attached hydrogens (tertiary/aromatic N) is 1. The van der Waals surface area contributed by atoms with Crippen molar-refractivity contribution in [3.05, 3.63) is 66.1 Å². The van der Waals surface area contributed by atoms with E-state index in [1.54, 1.807) is 25.1 Å². The predicted molar refractivity (Wildman–Crippen MR) is 130 cm³/mol. The molecular weight excluding hydrogens is 437 g/mol. The molecule has 1 unspecified atom stereocenters. The Kier molecular flexibility index (Phi) is 8.60. The first-order chi connectivity index (χ1) is 16.3. The summed E-state index contributed by atoms with van der Waals surface area (Å²) in [4.78, 5) is 24.2. The third-order valence-corrected chi connectivity index (χ3v) is 5.28. The number of hydrogen-bond acceptors (Lipinski definition) is 5.